The SMILES string of the molecule is CCc1oc2ccccc2c1CNc1ccc(Br)nc1. The summed E-state index contributed by atoms with van der Waals surface area (Å²) in [4.78, 5) is 4.21. The van der Waals surface area contributed by atoms with Crippen LogP contribution in [0.1, 0.15) is 18.2 Å². The minimum Gasteiger partial charge on any atom is -0.461 e. The number of fused-ring (bicyclic) bond motifs is 1. The third-order valence-electron chi connectivity index (χ3n) is 3.30. The van der Waals surface area contributed by atoms with Gasteiger partial charge in [-0.2, -0.15) is 0 Å². The van der Waals surface area contributed by atoms with Crippen molar-refractivity contribution in [3.63, 3.8) is 0 Å². The van der Waals surface area contributed by atoms with E-state index in [0.29, 0.717) is 0 Å². The van der Waals surface area contributed by atoms with E-state index in [1.165, 1.54) is 10.9 Å². The molecule has 0 fully saturated rings. The molecule has 2 heterocycles. The number of nitrogens with zero attached hydrogens (tertiary/aromatic N) is 1. The Hall–Kier alpha value is -1.81. The van der Waals surface area contributed by atoms with Crippen molar-refractivity contribution in [1.29, 1.82) is 0 Å². The van der Waals surface area contributed by atoms with E-state index < -0.39 is 0 Å². The molecule has 0 aliphatic heterocycles. The molecule has 0 saturated heterocycles. The summed E-state index contributed by atoms with van der Waals surface area (Å²) in [6.45, 7) is 2.85. The summed E-state index contributed by atoms with van der Waals surface area (Å²) in [6, 6.07) is 12.1. The van der Waals surface area contributed by atoms with Crippen LogP contribution < -0.4 is 5.32 Å². The topological polar surface area (TPSA) is 38.1 Å². The van der Waals surface area contributed by atoms with E-state index in [-0.39, 0.29) is 0 Å². The van der Waals surface area contributed by atoms with E-state index >= 15 is 0 Å². The van der Waals surface area contributed by atoms with Gasteiger partial charge in [-0.1, -0.05) is 25.1 Å². The molecule has 0 atom stereocenters. The zero-order chi connectivity index (χ0) is 13.9. The number of aryl methyl sites for hydroxylation is 1. The normalized spacial score (nSPS) is 10.9. The summed E-state index contributed by atoms with van der Waals surface area (Å²) in [5.74, 6) is 1.05. The Labute approximate surface area is 126 Å². The molecule has 0 unspecified atom stereocenters. The summed E-state index contributed by atoms with van der Waals surface area (Å²) in [6.07, 6.45) is 2.71. The molecule has 2 aromatic heterocycles. The predicted octanol–water partition coefficient (Wildman–Crippen LogP) is 4.76. The minimum absolute atomic E-state index is 0.740. The van der Waals surface area contributed by atoms with Crippen molar-refractivity contribution < 1.29 is 4.42 Å². The molecule has 0 amide bonds. The Kier molecular flexibility index (Phi) is 3.74. The van der Waals surface area contributed by atoms with Gasteiger partial charge in [0.05, 0.1) is 11.9 Å². The Bertz CT molecular complexity index is 719. The second kappa shape index (κ2) is 5.67. The first-order valence-corrected chi connectivity index (χ1v) is 7.42. The average Bonchev–Trinajstić information content (AvgIpc) is 2.84. The number of benzene rings is 1. The molecule has 0 spiro atoms. The highest BCUT2D eigenvalue weighted by Gasteiger charge is 2.11. The molecule has 102 valence electrons. The summed E-state index contributed by atoms with van der Waals surface area (Å²) >= 11 is 3.34. The standard InChI is InChI=1S/C16H15BrN2O/c1-2-14-13(12-5-3-4-6-15(12)20-14)10-18-11-7-8-16(17)19-9-11/h3-9,18H,2,10H2,1H3. The molecule has 3 nitrogen and oxygen atoms in total. The van der Waals surface area contributed by atoms with Gasteiger partial charge in [0.15, 0.2) is 0 Å². The minimum atomic E-state index is 0.740. The smallest absolute Gasteiger partial charge is 0.134 e. The lowest BCUT2D eigenvalue weighted by Crippen LogP contribution is -2.01. The Morgan fingerprint density at radius 1 is 1.20 bits per heavy atom. The fourth-order valence-corrected chi connectivity index (χ4v) is 2.53. The third kappa shape index (κ3) is 2.56. The molecular weight excluding hydrogens is 316 g/mol. The zero-order valence-corrected chi connectivity index (χ0v) is 12.8. The van der Waals surface area contributed by atoms with Gasteiger partial charge in [-0.3, -0.25) is 0 Å². The van der Waals surface area contributed by atoms with Crippen molar-refractivity contribution >= 4 is 32.6 Å². The molecule has 0 saturated carbocycles. The maximum absolute atomic E-state index is 5.89. The number of hydrogen-bond donors (Lipinski definition) is 1. The number of halogens is 1. The van der Waals surface area contributed by atoms with Crippen molar-refractivity contribution in [3.05, 3.63) is 58.5 Å². The van der Waals surface area contributed by atoms with Crippen LogP contribution in [-0.4, -0.2) is 4.98 Å². The third-order valence-corrected chi connectivity index (χ3v) is 3.77. The largest absolute Gasteiger partial charge is 0.461 e. The number of para-hydroxylation sites is 1. The monoisotopic (exact) mass is 330 g/mol. The maximum atomic E-state index is 5.89. The van der Waals surface area contributed by atoms with Gasteiger partial charge in [0.2, 0.25) is 0 Å². The van der Waals surface area contributed by atoms with Gasteiger partial charge in [-0.05, 0) is 34.1 Å². The van der Waals surface area contributed by atoms with Crippen LogP contribution in [0.25, 0.3) is 11.0 Å². The summed E-state index contributed by atoms with van der Waals surface area (Å²) in [5, 5.41) is 4.58. The van der Waals surface area contributed by atoms with E-state index in [0.717, 1.165) is 34.6 Å². The maximum Gasteiger partial charge on any atom is 0.134 e. The van der Waals surface area contributed by atoms with Crippen LogP contribution >= 0.6 is 15.9 Å². The van der Waals surface area contributed by atoms with Gasteiger partial charge >= 0.3 is 0 Å². The van der Waals surface area contributed by atoms with Gasteiger partial charge in [0.1, 0.15) is 15.9 Å². The Morgan fingerprint density at radius 3 is 2.80 bits per heavy atom. The molecular formula is C16H15BrN2O. The quantitative estimate of drug-likeness (QED) is 0.700. The van der Waals surface area contributed by atoms with Crippen molar-refractivity contribution in [2.75, 3.05) is 5.32 Å². The zero-order valence-electron chi connectivity index (χ0n) is 11.2. The number of aromatic nitrogens is 1. The second-order valence-electron chi connectivity index (χ2n) is 4.58. The van der Waals surface area contributed by atoms with Gasteiger partial charge in [-0.25, -0.2) is 4.98 Å². The van der Waals surface area contributed by atoms with Gasteiger partial charge < -0.3 is 9.73 Å². The highest BCUT2D eigenvalue weighted by molar-refractivity contribution is 9.10. The van der Waals surface area contributed by atoms with Crippen LogP contribution in [0.15, 0.2) is 51.6 Å². The number of hydrogen-bond acceptors (Lipinski definition) is 3. The molecule has 3 aromatic rings. The molecule has 4 heteroatoms. The first-order chi connectivity index (χ1) is 9.78. The Balaban J connectivity index is 1.88. The van der Waals surface area contributed by atoms with Crippen molar-refractivity contribution in [2.24, 2.45) is 0 Å². The molecule has 0 aliphatic rings. The summed E-state index contributed by atoms with van der Waals surface area (Å²) in [7, 11) is 0. The lowest BCUT2D eigenvalue weighted by atomic mass is 10.1. The van der Waals surface area contributed by atoms with Gasteiger partial charge in [0.25, 0.3) is 0 Å². The lowest BCUT2D eigenvalue weighted by Gasteiger charge is -2.06. The molecule has 1 N–H and O–H groups in total. The number of pyridine rings is 1. The van der Waals surface area contributed by atoms with Crippen molar-refractivity contribution in [3.8, 4) is 0 Å². The second-order valence-corrected chi connectivity index (χ2v) is 5.39. The predicted molar refractivity (Wildman–Crippen MR) is 84.9 cm³/mol. The van der Waals surface area contributed by atoms with Gasteiger partial charge in [0, 0.05) is 23.9 Å². The van der Waals surface area contributed by atoms with Crippen LogP contribution in [0.2, 0.25) is 0 Å². The fourth-order valence-electron chi connectivity index (χ4n) is 2.30. The number of nitrogens with one attached hydrogen (secondary N) is 1. The number of furan rings is 1. The lowest BCUT2D eigenvalue weighted by molar-refractivity contribution is 0.551. The van der Waals surface area contributed by atoms with E-state index in [1.807, 2.05) is 36.5 Å². The fraction of sp³-hybridized carbons (Fsp3) is 0.188. The van der Waals surface area contributed by atoms with Crippen molar-refractivity contribution in [2.45, 2.75) is 19.9 Å². The van der Waals surface area contributed by atoms with E-state index in [2.05, 4.69) is 39.2 Å². The molecule has 0 radical (unpaired) electrons. The van der Waals surface area contributed by atoms with Crippen LogP contribution in [0.4, 0.5) is 5.69 Å². The number of rotatable bonds is 4. The first kappa shape index (κ1) is 13.2. The molecule has 0 bridgehead atoms. The molecule has 1 aromatic carbocycles. The number of anilines is 1. The molecule has 20 heavy (non-hydrogen) atoms. The van der Waals surface area contributed by atoms with Crippen LogP contribution in [0.5, 0.6) is 0 Å². The van der Waals surface area contributed by atoms with E-state index in [1.54, 1.807) is 0 Å². The van der Waals surface area contributed by atoms with E-state index in [9.17, 15) is 0 Å². The van der Waals surface area contributed by atoms with E-state index in [4.69, 9.17) is 4.42 Å². The van der Waals surface area contributed by atoms with Crippen LogP contribution in [0.3, 0.4) is 0 Å². The van der Waals surface area contributed by atoms with Crippen molar-refractivity contribution in [1.82, 2.24) is 4.98 Å². The highest BCUT2D eigenvalue weighted by atomic mass is 79.9. The average molecular weight is 331 g/mol. The van der Waals surface area contributed by atoms with Gasteiger partial charge in [-0.15, -0.1) is 0 Å². The molecule has 0 aliphatic carbocycles. The first-order valence-electron chi connectivity index (χ1n) is 6.62. The molecule has 3 rings (SSSR count). The van der Waals surface area contributed by atoms with Crippen LogP contribution in [0, 0.1) is 0 Å². The highest BCUT2D eigenvalue weighted by Crippen LogP contribution is 2.27. The summed E-state index contributed by atoms with van der Waals surface area (Å²) < 4.78 is 6.73. The van der Waals surface area contributed by atoms with Crippen LogP contribution in [-0.2, 0) is 13.0 Å². The Morgan fingerprint density at radius 2 is 2.05 bits per heavy atom. The summed E-state index contributed by atoms with van der Waals surface area (Å²) in [5.41, 5.74) is 3.18.